The quantitative estimate of drug-likeness (QED) is 0.603. The van der Waals surface area contributed by atoms with E-state index in [9.17, 15) is 9.90 Å². The van der Waals surface area contributed by atoms with Crippen molar-refractivity contribution in [1.82, 2.24) is 0 Å². The second-order valence-electron chi connectivity index (χ2n) is 6.77. The van der Waals surface area contributed by atoms with Crippen molar-refractivity contribution in [1.29, 1.82) is 0 Å². The number of hydrogen-bond donors (Lipinski definition) is 2. The Morgan fingerprint density at radius 2 is 1.76 bits per heavy atom. The molecule has 138 valence electrons. The van der Waals surface area contributed by atoms with Crippen molar-refractivity contribution < 1.29 is 29.4 Å². The van der Waals surface area contributed by atoms with Gasteiger partial charge in [-0.3, -0.25) is 0 Å². The SMILES string of the molecule is COc1cc(/C=C/C(=O)OC(C)(C)C2CC[NH2+]CC2)cc(OC)c1O. The van der Waals surface area contributed by atoms with Gasteiger partial charge in [0, 0.05) is 24.8 Å². The first kappa shape index (κ1) is 19.1. The van der Waals surface area contributed by atoms with Gasteiger partial charge in [-0.05, 0) is 37.6 Å². The minimum Gasteiger partial charge on any atom is -0.502 e. The molecule has 1 aliphatic rings. The molecule has 0 aliphatic carbocycles. The minimum absolute atomic E-state index is 0.0695. The van der Waals surface area contributed by atoms with E-state index in [4.69, 9.17) is 14.2 Å². The highest BCUT2D eigenvalue weighted by Gasteiger charge is 2.34. The molecule has 0 spiro atoms. The molecule has 6 heteroatoms. The van der Waals surface area contributed by atoms with Crippen LogP contribution in [0.5, 0.6) is 17.2 Å². The van der Waals surface area contributed by atoms with Crippen LogP contribution in [0.4, 0.5) is 0 Å². The summed E-state index contributed by atoms with van der Waals surface area (Å²) in [7, 11) is 2.92. The van der Waals surface area contributed by atoms with Crippen molar-refractivity contribution in [3.05, 3.63) is 23.8 Å². The first-order valence-corrected chi connectivity index (χ1v) is 8.55. The second kappa shape index (κ2) is 8.25. The van der Waals surface area contributed by atoms with E-state index in [1.54, 1.807) is 18.2 Å². The predicted molar refractivity (Wildman–Crippen MR) is 94.8 cm³/mol. The van der Waals surface area contributed by atoms with Gasteiger partial charge in [0.1, 0.15) is 5.60 Å². The minimum atomic E-state index is -0.486. The molecule has 0 unspecified atom stereocenters. The molecule has 0 amide bonds. The van der Waals surface area contributed by atoms with Gasteiger partial charge in [-0.1, -0.05) is 0 Å². The number of esters is 1. The number of nitrogens with two attached hydrogens (primary N) is 1. The number of phenols is 1. The van der Waals surface area contributed by atoms with E-state index in [-0.39, 0.29) is 23.2 Å². The third kappa shape index (κ3) is 4.89. The van der Waals surface area contributed by atoms with Crippen molar-refractivity contribution >= 4 is 12.0 Å². The average Bonchev–Trinajstić information content (AvgIpc) is 2.61. The Morgan fingerprint density at radius 3 is 2.28 bits per heavy atom. The molecule has 3 N–H and O–H groups in total. The topological polar surface area (TPSA) is 81.6 Å². The van der Waals surface area contributed by atoms with Crippen LogP contribution < -0.4 is 14.8 Å². The lowest BCUT2D eigenvalue weighted by atomic mass is 9.83. The van der Waals surface area contributed by atoms with Crippen molar-refractivity contribution in [2.45, 2.75) is 32.3 Å². The molecule has 0 atom stereocenters. The Kier molecular flexibility index (Phi) is 6.31. The largest absolute Gasteiger partial charge is 0.502 e. The standard InChI is InChI=1S/C19H27NO5/c1-19(2,14-7-9-20-10-8-14)25-17(21)6-5-13-11-15(23-3)18(22)16(12-13)24-4/h5-6,11-12,14,20,22H,7-10H2,1-4H3/p+1/b6-5+. The summed E-state index contributed by atoms with van der Waals surface area (Å²) in [6.45, 7) is 6.10. The van der Waals surface area contributed by atoms with Crippen LogP contribution in [-0.4, -0.2) is 44.0 Å². The van der Waals surface area contributed by atoms with Crippen molar-refractivity contribution in [3.63, 3.8) is 0 Å². The van der Waals surface area contributed by atoms with Crippen LogP contribution in [0, 0.1) is 5.92 Å². The number of carbonyl (C=O) groups excluding carboxylic acids is 1. The molecule has 0 radical (unpaired) electrons. The van der Waals surface area contributed by atoms with E-state index >= 15 is 0 Å². The molecule has 2 rings (SSSR count). The van der Waals surface area contributed by atoms with Crippen LogP contribution >= 0.6 is 0 Å². The van der Waals surface area contributed by atoms with E-state index < -0.39 is 5.60 Å². The fourth-order valence-corrected chi connectivity index (χ4v) is 3.17. The maximum atomic E-state index is 12.2. The lowest BCUT2D eigenvalue weighted by Crippen LogP contribution is -2.86. The summed E-state index contributed by atoms with van der Waals surface area (Å²) in [5.74, 6) is 0.492. The summed E-state index contributed by atoms with van der Waals surface area (Å²) in [5, 5.41) is 12.2. The molecule has 25 heavy (non-hydrogen) atoms. The van der Waals surface area contributed by atoms with E-state index in [1.165, 1.54) is 20.3 Å². The number of carbonyl (C=O) groups is 1. The van der Waals surface area contributed by atoms with Crippen LogP contribution in [0.1, 0.15) is 32.3 Å². The van der Waals surface area contributed by atoms with Gasteiger partial charge in [-0.2, -0.15) is 0 Å². The summed E-state index contributed by atoms with van der Waals surface area (Å²) in [6, 6.07) is 3.26. The lowest BCUT2D eigenvalue weighted by molar-refractivity contribution is -0.665. The highest BCUT2D eigenvalue weighted by Crippen LogP contribution is 2.37. The molecule has 1 saturated heterocycles. The molecular formula is C19H28NO5+. The number of phenolic OH excluding ortho intramolecular Hbond substituents is 1. The average molecular weight is 350 g/mol. The van der Waals surface area contributed by atoms with Crippen LogP contribution in [0.15, 0.2) is 18.2 Å². The smallest absolute Gasteiger partial charge is 0.331 e. The maximum absolute atomic E-state index is 12.2. The third-order valence-electron chi connectivity index (χ3n) is 4.70. The molecule has 1 aromatic rings. The van der Waals surface area contributed by atoms with E-state index in [2.05, 4.69) is 5.32 Å². The zero-order valence-electron chi connectivity index (χ0n) is 15.4. The zero-order valence-corrected chi connectivity index (χ0v) is 15.4. The number of piperidine rings is 1. The maximum Gasteiger partial charge on any atom is 0.331 e. The summed E-state index contributed by atoms with van der Waals surface area (Å²) < 4.78 is 15.9. The van der Waals surface area contributed by atoms with E-state index in [1.807, 2.05) is 13.8 Å². The molecule has 1 aliphatic heterocycles. The number of aromatic hydroxyl groups is 1. The summed E-state index contributed by atoms with van der Waals surface area (Å²) in [6.07, 6.45) is 5.12. The molecule has 0 aromatic heterocycles. The van der Waals surface area contributed by atoms with Gasteiger partial charge in [0.05, 0.1) is 27.3 Å². The van der Waals surface area contributed by atoms with Gasteiger partial charge >= 0.3 is 5.97 Å². The first-order chi connectivity index (χ1) is 11.9. The number of quaternary nitrogens is 1. The Bertz CT molecular complexity index is 608. The lowest BCUT2D eigenvalue weighted by Gasteiger charge is -2.35. The van der Waals surface area contributed by atoms with Crippen LogP contribution in [-0.2, 0) is 9.53 Å². The highest BCUT2D eigenvalue weighted by atomic mass is 16.6. The van der Waals surface area contributed by atoms with Crippen molar-refractivity contribution in [2.24, 2.45) is 5.92 Å². The van der Waals surface area contributed by atoms with E-state index in [0.717, 1.165) is 25.9 Å². The van der Waals surface area contributed by atoms with E-state index in [0.29, 0.717) is 11.5 Å². The van der Waals surface area contributed by atoms with Gasteiger partial charge in [0.25, 0.3) is 0 Å². The Labute approximate surface area is 148 Å². The summed E-state index contributed by atoms with van der Waals surface area (Å²) >= 11 is 0. The number of methoxy groups -OCH3 is 2. The predicted octanol–water partition coefficient (Wildman–Crippen LogP) is 1.72. The number of ether oxygens (including phenoxy) is 3. The zero-order chi connectivity index (χ0) is 18.4. The summed E-state index contributed by atoms with van der Waals surface area (Å²) in [5.41, 5.74) is 0.188. The van der Waals surface area contributed by atoms with Crippen molar-refractivity contribution in [3.8, 4) is 17.2 Å². The highest BCUT2D eigenvalue weighted by molar-refractivity contribution is 5.87. The fourth-order valence-electron chi connectivity index (χ4n) is 3.17. The Balaban J connectivity index is 2.06. The molecule has 6 nitrogen and oxygen atoms in total. The Hall–Kier alpha value is -2.21. The van der Waals surface area contributed by atoms with Crippen LogP contribution in [0.3, 0.4) is 0 Å². The monoisotopic (exact) mass is 350 g/mol. The van der Waals surface area contributed by atoms with Gasteiger partial charge in [0.15, 0.2) is 11.5 Å². The van der Waals surface area contributed by atoms with Crippen LogP contribution in [0.25, 0.3) is 6.08 Å². The molecule has 1 heterocycles. The molecular weight excluding hydrogens is 322 g/mol. The van der Waals surface area contributed by atoms with Gasteiger partial charge in [0.2, 0.25) is 5.75 Å². The van der Waals surface area contributed by atoms with Gasteiger partial charge in [-0.25, -0.2) is 4.79 Å². The Morgan fingerprint density at radius 1 is 1.20 bits per heavy atom. The van der Waals surface area contributed by atoms with Crippen molar-refractivity contribution in [2.75, 3.05) is 27.3 Å². The molecule has 1 fully saturated rings. The van der Waals surface area contributed by atoms with Crippen LogP contribution in [0.2, 0.25) is 0 Å². The number of rotatable bonds is 6. The van der Waals surface area contributed by atoms with Gasteiger partial charge < -0.3 is 24.6 Å². The van der Waals surface area contributed by atoms with Gasteiger partial charge in [-0.15, -0.1) is 0 Å². The first-order valence-electron chi connectivity index (χ1n) is 8.55. The third-order valence-corrected chi connectivity index (χ3v) is 4.70. The molecule has 1 aromatic carbocycles. The molecule has 0 bridgehead atoms. The summed E-state index contributed by atoms with van der Waals surface area (Å²) in [4.78, 5) is 12.2. The fraction of sp³-hybridized carbons (Fsp3) is 0.526. The normalized spacial score (nSPS) is 16.0. The number of hydrogen-bond acceptors (Lipinski definition) is 5. The number of benzene rings is 1. The molecule has 0 saturated carbocycles. The second-order valence-corrected chi connectivity index (χ2v) is 6.77.